The molecule has 0 aliphatic heterocycles. The van der Waals surface area contributed by atoms with Gasteiger partial charge in [-0.05, 0) is 13.8 Å². The SMILES string of the molecule is CC1=C(C)CC(Cl)(Cl)C(=O)C(Cl)(Cl)C1. The molecule has 0 heterocycles. The van der Waals surface area contributed by atoms with Gasteiger partial charge in [0, 0.05) is 12.8 Å². The number of carbonyl (C=O) groups is 1. The molecule has 0 amide bonds. The molecule has 0 fully saturated rings. The molecule has 0 saturated heterocycles. The summed E-state index contributed by atoms with van der Waals surface area (Å²) in [7, 11) is 0. The Morgan fingerprint density at radius 2 is 1.21 bits per heavy atom. The van der Waals surface area contributed by atoms with Gasteiger partial charge in [0.2, 0.25) is 5.78 Å². The highest BCUT2D eigenvalue weighted by molar-refractivity contribution is 6.68. The van der Waals surface area contributed by atoms with Crippen molar-refractivity contribution in [2.24, 2.45) is 0 Å². The highest BCUT2D eigenvalue weighted by Crippen LogP contribution is 2.45. The van der Waals surface area contributed by atoms with Crippen LogP contribution in [0.15, 0.2) is 11.1 Å². The third kappa shape index (κ3) is 2.38. The van der Waals surface area contributed by atoms with Gasteiger partial charge in [0.15, 0.2) is 8.67 Å². The average Bonchev–Trinajstić information content (AvgIpc) is 2.03. The van der Waals surface area contributed by atoms with Crippen molar-refractivity contribution in [3.05, 3.63) is 11.1 Å². The summed E-state index contributed by atoms with van der Waals surface area (Å²) in [4.78, 5) is 11.7. The molecule has 1 aliphatic carbocycles. The van der Waals surface area contributed by atoms with Crippen LogP contribution < -0.4 is 0 Å². The maximum Gasteiger partial charge on any atom is 0.205 e. The van der Waals surface area contributed by atoms with E-state index in [9.17, 15) is 4.79 Å². The number of hydrogen-bond donors (Lipinski definition) is 0. The summed E-state index contributed by atoms with van der Waals surface area (Å²) in [5, 5.41) is 0. The Kier molecular flexibility index (Phi) is 3.48. The smallest absolute Gasteiger partial charge is 0.205 e. The lowest BCUT2D eigenvalue weighted by Crippen LogP contribution is -2.38. The Balaban J connectivity index is 3.17. The van der Waals surface area contributed by atoms with Crippen molar-refractivity contribution in [2.75, 3.05) is 0 Å². The van der Waals surface area contributed by atoms with Gasteiger partial charge < -0.3 is 0 Å². The molecule has 1 aliphatic rings. The van der Waals surface area contributed by atoms with Crippen LogP contribution in [0, 0.1) is 0 Å². The minimum Gasteiger partial charge on any atom is -0.293 e. The second-order valence-electron chi connectivity index (χ2n) is 3.65. The molecule has 80 valence electrons. The van der Waals surface area contributed by atoms with Crippen molar-refractivity contribution in [3.63, 3.8) is 0 Å². The fourth-order valence-corrected chi connectivity index (χ4v) is 3.04. The van der Waals surface area contributed by atoms with E-state index in [1.54, 1.807) is 0 Å². The molecule has 0 spiro atoms. The predicted octanol–water partition coefficient (Wildman–Crippen LogP) is 4.03. The maximum atomic E-state index is 11.7. The zero-order chi connectivity index (χ0) is 11.1. The summed E-state index contributed by atoms with van der Waals surface area (Å²) in [6.45, 7) is 3.74. The zero-order valence-electron chi connectivity index (χ0n) is 7.83. The first-order valence-electron chi connectivity index (χ1n) is 4.12. The van der Waals surface area contributed by atoms with Crippen LogP contribution in [0.1, 0.15) is 26.7 Å². The lowest BCUT2D eigenvalue weighted by atomic mass is 10.1. The molecule has 0 unspecified atom stereocenters. The number of hydrogen-bond acceptors (Lipinski definition) is 1. The maximum absolute atomic E-state index is 11.7. The second kappa shape index (κ2) is 3.86. The Bertz CT molecular complexity index is 276. The van der Waals surface area contributed by atoms with Gasteiger partial charge in [-0.25, -0.2) is 0 Å². The first kappa shape index (κ1) is 12.6. The molecule has 0 radical (unpaired) electrons. The van der Waals surface area contributed by atoms with Crippen LogP contribution in [0.2, 0.25) is 0 Å². The van der Waals surface area contributed by atoms with Gasteiger partial charge in [-0.1, -0.05) is 57.5 Å². The third-order valence-electron chi connectivity index (χ3n) is 2.37. The number of carbonyl (C=O) groups excluding carboxylic acids is 1. The highest BCUT2D eigenvalue weighted by atomic mass is 35.5. The fourth-order valence-electron chi connectivity index (χ4n) is 1.40. The van der Waals surface area contributed by atoms with Crippen LogP contribution in [0.25, 0.3) is 0 Å². The monoisotopic (exact) mass is 274 g/mol. The van der Waals surface area contributed by atoms with Gasteiger partial charge in [0.1, 0.15) is 0 Å². The normalized spacial score (nSPS) is 26.3. The number of alkyl halides is 4. The lowest BCUT2D eigenvalue weighted by Gasteiger charge is -2.22. The number of halogens is 4. The number of rotatable bonds is 0. The van der Waals surface area contributed by atoms with Crippen LogP contribution in [0.5, 0.6) is 0 Å². The molecule has 0 atom stereocenters. The van der Waals surface area contributed by atoms with E-state index in [1.165, 1.54) is 0 Å². The van der Waals surface area contributed by atoms with Gasteiger partial charge in [-0.3, -0.25) is 4.79 Å². The molecular weight excluding hydrogens is 266 g/mol. The minimum atomic E-state index is -1.51. The molecule has 0 aromatic rings. The van der Waals surface area contributed by atoms with E-state index in [1.807, 2.05) is 13.8 Å². The van der Waals surface area contributed by atoms with E-state index < -0.39 is 14.4 Å². The molecule has 14 heavy (non-hydrogen) atoms. The number of Topliss-reactive ketones (excluding diaryl/α,β-unsaturated/α-hetero) is 1. The van der Waals surface area contributed by atoms with Crippen LogP contribution in [-0.4, -0.2) is 14.4 Å². The lowest BCUT2D eigenvalue weighted by molar-refractivity contribution is -0.120. The number of ketones is 1. The van der Waals surface area contributed by atoms with Crippen molar-refractivity contribution in [1.29, 1.82) is 0 Å². The molecule has 0 saturated carbocycles. The summed E-state index contributed by atoms with van der Waals surface area (Å²) in [5.41, 5.74) is 1.93. The third-order valence-corrected chi connectivity index (χ3v) is 3.59. The molecule has 5 heteroatoms. The Labute approximate surface area is 103 Å². The van der Waals surface area contributed by atoms with Gasteiger partial charge in [0.25, 0.3) is 0 Å². The summed E-state index contributed by atoms with van der Waals surface area (Å²) < 4.78 is -3.02. The van der Waals surface area contributed by atoms with Gasteiger partial charge in [-0.15, -0.1) is 0 Å². The van der Waals surface area contributed by atoms with E-state index in [0.717, 1.165) is 11.1 Å². The minimum absolute atomic E-state index is 0.280. The number of allylic oxidation sites excluding steroid dienone is 2. The standard InChI is InChI=1S/C9H10Cl4O/c1-5-3-8(10,11)7(14)9(12,13)4-6(5)2/h3-4H2,1-2H3. The highest BCUT2D eigenvalue weighted by Gasteiger charge is 2.49. The van der Waals surface area contributed by atoms with Gasteiger partial charge in [-0.2, -0.15) is 0 Å². The average molecular weight is 276 g/mol. The van der Waals surface area contributed by atoms with E-state index in [4.69, 9.17) is 46.4 Å². The quantitative estimate of drug-likeness (QED) is 0.482. The Morgan fingerprint density at radius 3 is 1.50 bits per heavy atom. The van der Waals surface area contributed by atoms with Crippen molar-refractivity contribution in [2.45, 2.75) is 35.4 Å². The predicted molar refractivity (Wildman–Crippen MR) is 61.5 cm³/mol. The summed E-state index contributed by atoms with van der Waals surface area (Å²) in [5.74, 6) is -0.534. The summed E-state index contributed by atoms with van der Waals surface area (Å²) in [6.07, 6.45) is 0.559. The fraction of sp³-hybridized carbons (Fsp3) is 0.667. The van der Waals surface area contributed by atoms with E-state index in [0.29, 0.717) is 0 Å². The van der Waals surface area contributed by atoms with Crippen LogP contribution in [-0.2, 0) is 4.79 Å². The molecule has 0 aromatic carbocycles. The largest absolute Gasteiger partial charge is 0.293 e. The van der Waals surface area contributed by atoms with Crippen molar-refractivity contribution < 1.29 is 4.79 Å². The Morgan fingerprint density at radius 1 is 0.929 bits per heavy atom. The van der Waals surface area contributed by atoms with Crippen molar-refractivity contribution in [1.82, 2.24) is 0 Å². The first-order valence-corrected chi connectivity index (χ1v) is 5.64. The molecule has 0 aromatic heterocycles. The topological polar surface area (TPSA) is 17.1 Å². The molecule has 1 nitrogen and oxygen atoms in total. The van der Waals surface area contributed by atoms with Crippen molar-refractivity contribution in [3.8, 4) is 0 Å². The van der Waals surface area contributed by atoms with Crippen LogP contribution >= 0.6 is 46.4 Å². The summed E-state index contributed by atoms with van der Waals surface area (Å²) >= 11 is 23.5. The van der Waals surface area contributed by atoms with Gasteiger partial charge >= 0.3 is 0 Å². The summed E-state index contributed by atoms with van der Waals surface area (Å²) in [6, 6.07) is 0. The molecule has 0 bridgehead atoms. The van der Waals surface area contributed by atoms with Crippen LogP contribution in [0.4, 0.5) is 0 Å². The van der Waals surface area contributed by atoms with Gasteiger partial charge in [0.05, 0.1) is 0 Å². The second-order valence-corrected chi connectivity index (χ2v) is 6.62. The molecular formula is C9H10Cl4O. The Hall–Kier alpha value is 0.570. The molecule has 1 rings (SSSR count). The van der Waals surface area contributed by atoms with E-state index >= 15 is 0 Å². The van der Waals surface area contributed by atoms with E-state index in [-0.39, 0.29) is 12.8 Å². The molecule has 0 N–H and O–H groups in total. The first-order chi connectivity index (χ1) is 6.17. The van der Waals surface area contributed by atoms with Crippen molar-refractivity contribution >= 4 is 52.2 Å². The van der Waals surface area contributed by atoms with E-state index in [2.05, 4.69) is 0 Å². The zero-order valence-corrected chi connectivity index (χ0v) is 10.9. The van der Waals surface area contributed by atoms with Crippen LogP contribution in [0.3, 0.4) is 0 Å².